The molecule has 0 N–H and O–H groups in total. The van der Waals surface area contributed by atoms with Crippen LogP contribution in [0.15, 0.2) is 18.2 Å². The van der Waals surface area contributed by atoms with Crippen LogP contribution in [0.1, 0.15) is 29.5 Å². The number of nitrogens with zero attached hydrogens (tertiary/aromatic N) is 2. The molecule has 3 heteroatoms. The zero-order valence-electron chi connectivity index (χ0n) is 11.9. The third kappa shape index (κ3) is 4.05. The van der Waals surface area contributed by atoms with Gasteiger partial charge in [-0.05, 0) is 56.0 Å². The fraction of sp³-hybridized carbons (Fsp3) is 0.562. The predicted molar refractivity (Wildman–Crippen MR) is 75.8 cm³/mol. The van der Waals surface area contributed by atoms with Gasteiger partial charge in [0, 0.05) is 19.7 Å². The van der Waals surface area contributed by atoms with Gasteiger partial charge < -0.3 is 9.64 Å². The molecule has 1 atom stereocenters. The maximum absolute atomic E-state index is 8.88. The third-order valence-electron chi connectivity index (χ3n) is 3.74. The van der Waals surface area contributed by atoms with E-state index in [0.29, 0.717) is 5.92 Å². The smallest absolute Gasteiger partial charge is 0.0991 e. The second-order valence-electron chi connectivity index (χ2n) is 5.53. The first kappa shape index (κ1) is 14.0. The summed E-state index contributed by atoms with van der Waals surface area (Å²) in [6.45, 7) is 5.92. The van der Waals surface area contributed by atoms with Gasteiger partial charge >= 0.3 is 0 Å². The summed E-state index contributed by atoms with van der Waals surface area (Å²) < 4.78 is 5.52. The minimum atomic E-state index is 0.664. The third-order valence-corrected chi connectivity index (χ3v) is 3.74. The fourth-order valence-electron chi connectivity index (χ4n) is 2.69. The zero-order valence-corrected chi connectivity index (χ0v) is 11.9. The number of nitriles is 1. The molecule has 2 rings (SSSR count). The molecule has 1 heterocycles. The van der Waals surface area contributed by atoms with Gasteiger partial charge in [-0.2, -0.15) is 5.26 Å². The molecule has 1 aromatic carbocycles. The highest BCUT2D eigenvalue weighted by Gasteiger charge is 2.16. The second-order valence-corrected chi connectivity index (χ2v) is 5.53. The van der Waals surface area contributed by atoms with Crippen molar-refractivity contribution in [3.63, 3.8) is 0 Å². The quantitative estimate of drug-likeness (QED) is 0.833. The van der Waals surface area contributed by atoms with Crippen molar-refractivity contribution in [2.24, 2.45) is 5.92 Å². The van der Waals surface area contributed by atoms with Crippen molar-refractivity contribution < 1.29 is 4.74 Å². The largest absolute Gasteiger partial charge is 0.381 e. The Balaban J connectivity index is 1.91. The van der Waals surface area contributed by atoms with E-state index < -0.39 is 0 Å². The second kappa shape index (κ2) is 6.70. The van der Waals surface area contributed by atoms with Crippen LogP contribution in [0.3, 0.4) is 0 Å². The molecule has 0 aliphatic carbocycles. The Labute approximate surface area is 115 Å². The van der Waals surface area contributed by atoms with E-state index in [-0.39, 0.29) is 0 Å². The van der Waals surface area contributed by atoms with Crippen LogP contribution < -0.4 is 0 Å². The number of aryl methyl sites for hydroxylation is 1. The molecular weight excluding hydrogens is 236 g/mol. The standard InChI is InChI=1S/C16H22N2O/c1-13-8-14(9-17)5-6-16(13)11-18(2)10-15-4-3-7-19-12-15/h5-6,8,15H,3-4,7,10-12H2,1-2H3. The van der Waals surface area contributed by atoms with Crippen molar-refractivity contribution in [1.82, 2.24) is 4.90 Å². The van der Waals surface area contributed by atoms with Gasteiger partial charge in [0.1, 0.15) is 0 Å². The van der Waals surface area contributed by atoms with Crippen LogP contribution in [-0.2, 0) is 11.3 Å². The summed E-state index contributed by atoms with van der Waals surface area (Å²) in [6.07, 6.45) is 2.46. The van der Waals surface area contributed by atoms with Crippen LogP contribution in [0.2, 0.25) is 0 Å². The summed E-state index contributed by atoms with van der Waals surface area (Å²) in [5.41, 5.74) is 3.24. The van der Waals surface area contributed by atoms with Crippen LogP contribution in [-0.4, -0.2) is 31.7 Å². The van der Waals surface area contributed by atoms with E-state index in [2.05, 4.69) is 31.0 Å². The average Bonchev–Trinajstić information content (AvgIpc) is 2.42. The molecule has 1 saturated heterocycles. The Hall–Kier alpha value is -1.37. The highest BCUT2D eigenvalue weighted by atomic mass is 16.5. The van der Waals surface area contributed by atoms with Gasteiger partial charge in [0.25, 0.3) is 0 Å². The first-order valence-corrected chi connectivity index (χ1v) is 6.95. The Morgan fingerprint density at radius 3 is 2.95 bits per heavy atom. The topological polar surface area (TPSA) is 36.3 Å². The van der Waals surface area contributed by atoms with Crippen molar-refractivity contribution in [3.8, 4) is 6.07 Å². The lowest BCUT2D eigenvalue weighted by Gasteiger charge is -2.27. The molecule has 0 radical (unpaired) electrons. The highest BCUT2D eigenvalue weighted by Crippen LogP contribution is 2.17. The average molecular weight is 258 g/mol. The van der Waals surface area contributed by atoms with Crippen LogP contribution in [0.4, 0.5) is 0 Å². The molecule has 3 nitrogen and oxygen atoms in total. The molecule has 0 amide bonds. The van der Waals surface area contributed by atoms with E-state index in [1.165, 1.54) is 24.0 Å². The Morgan fingerprint density at radius 1 is 1.47 bits per heavy atom. The lowest BCUT2D eigenvalue weighted by Crippen LogP contribution is -2.30. The molecule has 1 aliphatic rings. The van der Waals surface area contributed by atoms with Gasteiger partial charge in [-0.1, -0.05) is 6.07 Å². The van der Waals surface area contributed by atoms with Gasteiger partial charge in [0.15, 0.2) is 0 Å². The summed E-state index contributed by atoms with van der Waals surface area (Å²) in [7, 11) is 2.16. The Bertz CT molecular complexity index is 458. The molecule has 1 aliphatic heterocycles. The van der Waals surface area contributed by atoms with E-state index in [9.17, 15) is 0 Å². The Morgan fingerprint density at radius 2 is 2.32 bits per heavy atom. The summed E-state index contributed by atoms with van der Waals surface area (Å²) in [5.74, 6) is 0.664. The number of hydrogen-bond donors (Lipinski definition) is 0. The van der Waals surface area contributed by atoms with E-state index in [1.54, 1.807) is 0 Å². The number of ether oxygens (including phenoxy) is 1. The predicted octanol–water partition coefficient (Wildman–Crippen LogP) is 2.73. The number of hydrogen-bond acceptors (Lipinski definition) is 3. The number of benzene rings is 1. The summed E-state index contributed by atoms with van der Waals surface area (Å²) in [4.78, 5) is 2.35. The fourth-order valence-corrected chi connectivity index (χ4v) is 2.69. The van der Waals surface area contributed by atoms with Crippen molar-refractivity contribution in [2.45, 2.75) is 26.3 Å². The lowest BCUT2D eigenvalue weighted by atomic mass is 10.0. The Kier molecular flexibility index (Phi) is 4.95. The minimum absolute atomic E-state index is 0.664. The van der Waals surface area contributed by atoms with Crippen LogP contribution >= 0.6 is 0 Å². The highest BCUT2D eigenvalue weighted by molar-refractivity contribution is 5.37. The van der Waals surface area contributed by atoms with Crippen molar-refractivity contribution in [1.29, 1.82) is 5.26 Å². The summed E-state index contributed by atoms with van der Waals surface area (Å²) >= 11 is 0. The van der Waals surface area contributed by atoms with Gasteiger partial charge in [0.05, 0.1) is 18.2 Å². The molecule has 19 heavy (non-hydrogen) atoms. The molecule has 1 aromatic rings. The normalized spacial score (nSPS) is 19.4. The molecule has 0 spiro atoms. The van der Waals surface area contributed by atoms with Crippen molar-refractivity contribution in [3.05, 3.63) is 34.9 Å². The van der Waals surface area contributed by atoms with E-state index >= 15 is 0 Å². The molecular formula is C16H22N2O. The van der Waals surface area contributed by atoms with Gasteiger partial charge in [-0.25, -0.2) is 0 Å². The maximum atomic E-state index is 8.88. The van der Waals surface area contributed by atoms with E-state index in [4.69, 9.17) is 10.00 Å². The molecule has 0 bridgehead atoms. The molecule has 1 fully saturated rings. The lowest BCUT2D eigenvalue weighted by molar-refractivity contribution is 0.0411. The van der Waals surface area contributed by atoms with Gasteiger partial charge in [-0.3, -0.25) is 0 Å². The van der Waals surface area contributed by atoms with Gasteiger partial charge in [0.2, 0.25) is 0 Å². The van der Waals surface area contributed by atoms with E-state index in [1.807, 2.05) is 12.1 Å². The van der Waals surface area contributed by atoms with Gasteiger partial charge in [-0.15, -0.1) is 0 Å². The molecule has 102 valence electrons. The zero-order chi connectivity index (χ0) is 13.7. The monoisotopic (exact) mass is 258 g/mol. The van der Waals surface area contributed by atoms with E-state index in [0.717, 1.165) is 31.9 Å². The van der Waals surface area contributed by atoms with Crippen LogP contribution in [0, 0.1) is 24.2 Å². The van der Waals surface area contributed by atoms with Crippen LogP contribution in [0.25, 0.3) is 0 Å². The van der Waals surface area contributed by atoms with Crippen molar-refractivity contribution >= 4 is 0 Å². The van der Waals surface area contributed by atoms with Crippen molar-refractivity contribution in [2.75, 3.05) is 26.8 Å². The first-order valence-electron chi connectivity index (χ1n) is 6.95. The first-order chi connectivity index (χ1) is 9.19. The molecule has 0 aromatic heterocycles. The van der Waals surface area contributed by atoms with Crippen LogP contribution in [0.5, 0.6) is 0 Å². The molecule has 1 unspecified atom stereocenters. The SMILES string of the molecule is Cc1cc(C#N)ccc1CN(C)CC1CCCOC1. The number of rotatable bonds is 4. The summed E-state index contributed by atoms with van der Waals surface area (Å²) in [6, 6.07) is 8.12. The summed E-state index contributed by atoms with van der Waals surface area (Å²) in [5, 5.41) is 8.88. The minimum Gasteiger partial charge on any atom is -0.381 e. The maximum Gasteiger partial charge on any atom is 0.0991 e. The molecule has 0 saturated carbocycles.